The lowest BCUT2D eigenvalue weighted by Gasteiger charge is -2.33. The molecular formula is C32H37N7O4S. The largest absolute Gasteiger partial charge is 0.480 e. The van der Waals surface area contributed by atoms with Gasteiger partial charge < -0.3 is 20.6 Å². The minimum atomic E-state index is -4.13. The number of benzene rings is 2. The zero-order chi connectivity index (χ0) is 30.7. The van der Waals surface area contributed by atoms with Crippen LogP contribution >= 0.6 is 0 Å². The van der Waals surface area contributed by atoms with E-state index in [1.807, 2.05) is 25.1 Å². The standard InChI is InChI=1S/C32H37N7O4S/c1-2-28-36-29(34-20-26(32(40)41)38-44(42,43)27-11-5-8-21-7-3-4-10-24(21)27)19-30(37-28)39-17-14-22(15-18-39)25-13-12-23-9-6-16-33-31(23)35-25/h3-5,7-8,10-13,19,22,26,38H,2,6,9,14-18,20H2,1H3,(H,33,35)(H,40,41)(H,34,36,37)/t26-/m0/s1. The molecular weight excluding hydrogens is 578 g/mol. The maximum Gasteiger partial charge on any atom is 0.323 e. The molecule has 4 N–H and O–H groups in total. The summed E-state index contributed by atoms with van der Waals surface area (Å²) in [6, 6.07) is 16.8. The van der Waals surface area contributed by atoms with Crippen LogP contribution in [0.2, 0.25) is 0 Å². The third kappa shape index (κ3) is 6.46. The maximum atomic E-state index is 13.3. The first-order valence-corrected chi connectivity index (χ1v) is 16.6. The number of carboxylic acid groups (broad SMARTS) is 1. The van der Waals surface area contributed by atoms with E-state index in [9.17, 15) is 18.3 Å². The van der Waals surface area contributed by atoms with E-state index in [1.165, 1.54) is 11.6 Å². The fourth-order valence-electron chi connectivity index (χ4n) is 5.94. The molecule has 2 aromatic carbocycles. The molecule has 0 unspecified atom stereocenters. The first kappa shape index (κ1) is 29.8. The van der Waals surface area contributed by atoms with Crippen LogP contribution in [0.5, 0.6) is 0 Å². The summed E-state index contributed by atoms with van der Waals surface area (Å²) >= 11 is 0. The van der Waals surface area contributed by atoms with Crippen molar-refractivity contribution in [3.63, 3.8) is 0 Å². The number of sulfonamides is 1. The topological polar surface area (TPSA) is 149 Å². The van der Waals surface area contributed by atoms with Gasteiger partial charge in [0.25, 0.3) is 0 Å². The number of nitrogens with zero attached hydrogens (tertiary/aromatic N) is 4. The Morgan fingerprint density at radius 1 is 1.07 bits per heavy atom. The second-order valence-corrected chi connectivity index (χ2v) is 13.0. The van der Waals surface area contributed by atoms with E-state index in [0.717, 1.165) is 68.0 Å². The molecule has 1 saturated heterocycles. The third-order valence-corrected chi connectivity index (χ3v) is 9.88. The second kappa shape index (κ2) is 12.7. The summed E-state index contributed by atoms with van der Waals surface area (Å²) in [7, 11) is -4.13. The number of aliphatic carboxylic acids is 1. The summed E-state index contributed by atoms with van der Waals surface area (Å²) < 4.78 is 28.9. The zero-order valence-corrected chi connectivity index (χ0v) is 25.5. The van der Waals surface area contributed by atoms with E-state index >= 15 is 0 Å². The van der Waals surface area contributed by atoms with Gasteiger partial charge in [0.1, 0.15) is 29.3 Å². The van der Waals surface area contributed by atoms with Gasteiger partial charge in [0.2, 0.25) is 10.0 Å². The van der Waals surface area contributed by atoms with E-state index in [2.05, 4.69) is 37.4 Å². The highest BCUT2D eigenvalue weighted by molar-refractivity contribution is 7.89. The number of hydrogen-bond acceptors (Lipinski definition) is 9. The van der Waals surface area contributed by atoms with Gasteiger partial charge in [-0.05, 0) is 48.8 Å². The van der Waals surface area contributed by atoms with Crippen LogP contribution in [0.4, 0.5) is 17.5 Å². The highest BCUT2D eigenvalue weighted by Crippen LogP contribution is 2.32. The Morgan fingerprint density at radius 3 is 2.66 bits per heavy atom. The molecule has 0 amide bonds. The first-order valence-electron chi connectivity index (χ1n) is 15.1. The van der Waals surface area contributed by atoms with Crippen molar-refractivity contribution in [2.24, 2.45) is 0 Å². The van der Waals surface area contributed by atoms with Gasteiger partial charge in [-0.3, -0.25) is 4.79 Å². The molecule has 1 atom stereocenters. The molecule has 12 heteroatoms. The van der Waals surface area contributed by atoms with Crippen LogP contribution in [-0.4, -0.2) is 66.7 Å². The molecule has 0 aliphatic carbocycles. The summed E-state index contributed by atoms with van der Waals surface area (Å²) in [5, 5.41) is 17.7. The number of fused-ring (bicyclic) bond motifs is 2. The van der Waals surface area contributed by atoms with Crippen LogP contribution in [-0.2, 0) is 27.7 Å². The Hall–Kier alpha value is -4.29. The average Bonchev–Trinajstić information content (AvgIpc) is 3.06. The van der Waals surface area contributed by atoms with Crippen LogP contribution in [0, 0.1) is 0 Å². The number of nitrogens with one attached hydrogen (secondary N) is 3. The van der Waals surface area contributed by atoms with Crippen molar-refractivity contribution in [3.05, 3.63) is 77.7 Å². The summed E-state index contributed by atoms with van der Waals surface area (Å²) in [5.41, 5.74) is 2.42. The van der Waals surface area contributed by atoms with Crippen molar-refractivity contribution in [3.8, 4) is 0 Å². The molecule has 1 fully saturated rings. The number of carboxylic acids is 1. The van der Waals surface area contributed by atoms with E-state index < -0.39 is 22.0 Å². The Kier molecular flexibility index (Phi) is 8.62. The van der Waals surface area contributed by atoms with E-state index in [1.54, 1.807) is 24.3 Å². The van der Waals surface area contributed by atoms with E-state index in [-0.39, 0.29) is 11.4 Å². The monoisotopic (exact) mass is 615 g/mol. The van der Waals surface area contributed by atoms with Crippen LogP contribution < -0.4 is 20.3 Å². The van der Waals surface area contributed by atoms with E-state index in [0.29, 0.717) is 29.4 Å². The van der Waals surface area contributed by atoms with Crippen LogP contribution in [0.1, 0.15) is 49.2 Å². The van der Waals surface area contributed by atoms with Crippen molar-refractivity contribution in [1.82, 2.24) is 19.7 Å². The molecule has 2 aromatic heterocycles. The van der Waals surface area contributed by atoms with Crippen molar-refractivity contribution < 1.29 is 18.3 Å². The number of aromatic nitrogens is 3. The molecule has 44 heavy (non-hydrogen) atoms. The highest BCUT2D eigenvalue weighted by atomic mass is 32.2. The van der Waals surface area contributed by atoms with Crippen molar-refractivity contribution in [2.45, 2.75) is 55.9 Å². The molecule has 0 bridgehead atoms. The third-order valence-electron chi connectivity index (χ3n) is 8.35. The van der Waals surface area contributed by atoms with Crippen molar-refractivity contribution in [2.75, 3.05) is 41.7 Å². The molecule has 4 heterocycles. The molecule has 0 saturated carbocycles. The summed E-state index contributed by atoms with van der Waals surface area (Å²) in [6.45, 7) is 4.34. The minimum absolute atomic E-state index is 0.0321. The van der Waals surface area contributed by atoms with Gasteiger partial charge in [0.05, 0.1) is 4.90 Å². The number of pyridine rings is 1. The number of hydrogen-bond donors (Lipinski definition) is 4. The summed E-state index contributed by atoms with van der Waals surface area (Å²) in [4.78, 5) is 28.6. The van der Waals surface area contributed by atoms with Crippen LogP contribution in [0.3, 0.4) is 0 Å². The highest BCUT2D eigenvalue weighted by Gasteiger charge is 2.28. The molecule has 6 rings (SSSR count). The van der Waals surface area contributed by atoms with Gasteiger partial charge in [-0.15, -0.1) is 0 Å². The van der Waals surface area contributed by atoms with Crippen LogP contribution in [0.15, 0.2) is 65.6 Å². The van der Waals surface area contributed by atoms with Crippen molar-refractivity contribution >= 4 is 44.2 Å². The minimum Gasteiger partial charge on any atom is -0.480 e. The fraction of sp³-hybridized carbons (Fsp3) is 0.375. The Morgan fingerprint density at radius 2 is 1.86 bits per heavy atom. The molecule has 0 spiro atoms. The molecule has 4 aromatic rings. The normalized spacial score (nSPS) is 16.2. The lowest BCUT2D eigenvalue weighted by molar-refractivity contribution is -0.138. The number of piperidine rings is 1. The SMILES string of the molecule is CCc1nc(NC[C@H](NS(=O)(=O)c2cccc3ccccc23)C(=O)O)cc(N2CCC(c3ccc4c(n3)NCCC4)CC2)n1. The number of carbonyl (C=O) groups is 1. The Labute approximate surface area is 257 Å². The Bertz CT molecular complexity index is 1770. The maximum absolute atomic E-state index is 13.3. The number of rotatable bonds is 10. The van der Waals surface area contributed by atoms with Crippen LogP contribution in [0.25, 0.3) is 10.8 Å². The fourth-order valence-corrected chi connectivity index (χ4v) is 7.35. The average molecular weight is 616 g/mol. The smallest absolute Gasteiger partial charge is 0.323 e. The van der Waals surface area contributed by atoms with Gasteiger partial charge in [0.15, 0.2) is 0 Å². The van der Waals surface area contributed by atoms with Gasteiger partial charge in [-0.25, -0.2) is 23.4 Å². The van der Waals surface area contributed by atoms with Gasteiger partial charge in [-0.2, -0.15) is 4.72 Å². The lowest BCUT2D eigenvalue weighted by atomic mass is 9.92. The predicted octanol–water partition coefficient (Wildman–Crippen LogP) is 4.17. The van der Waals surface area contributed by atoms with Gasteiger partial charge in [0, 0.05) is 55.7 Å². The number of anilines is 3. The van der Waals surface area contributed by atoms with E-state index in [4.69, 9.17) is 9.97 Å². The zero-order valence-electron chi connectivity index (χ0n) is 24.7. The predicted molar refractivity (Wildman–Crippen MR) is 171 cm³/mol. The molecule has 2 aliphatic heterocycles. The molecule has 0 radical (unpaired) electrons. The summed E-state index contributed by atoms with van der Waals surface area (Å²) in [5.74, 6) is 1.94. The quantitative estimate of drug-likeness (QED) is 0.205. The van der Waals surface area contributed by atoms with Gasteiger partial charge >= 0.3 is 5.97 Å². The molecule has 2 aliphatic rings. The summed E-state index contributed by atoms with van der Waals surface area (Å²) in [6.07, 6.45) is 4.69. The van der Waals surface area contributed by atoms with Gasteiger partial charge in [-0.1, -0.05) is 49.4 Å². The van der Waals surface area contributed by atoms with Crippen molar-refractivity contribution in [1.29, 1.82) is 0 Å². The lowest BCUT2D eigenvalue weighted by Crippen LogP contribution is -2.45. The first-order chi connectivity index (χ1) is 21.3. The Balaban J connectivity index is 1.13. The molecule has 230 valence electrons. The molecule has 11 nitrogen and oxygen atoms in total. The second-order valence-electron chi connectivity index (χ2n) is 11.3. The number of aryl methyl sites for hydroxylation is 2.